The predicted octanol–water partition coefficient (Wildman–Crippen LogP) is 12.5. The SMILES string of the molecule is CCCCCCCCCCCCOC(=O)c1cc(OS(=O)Nc2cccc(OS(=O)NC(C)c3nnc4c(Cl)c(C(C)(C)C)[nH]n34)c2)cc(C(=O)OCCCCCCCCCCCC)c1. The number of fused-ring (bicyclic) bond motifs is 1. The van der Waals surface area contributed by atoms with Gasteiger partial charge in [0.2, 0.25) is 0 Å². The Bertz CT molecular complexity index is 2050. The number of aromatic nitrogens is 4. The van der Waals surface area contributed by atoms with Gasteiger partial charge in [0.1, 0.15) is 16.5 Å². The van der Waals surface area contributed by atoms with Crippen molar-refractivity contribution >= 4 is 57.4 Å². The van der Waals surface area contributed by atoms with Crippen LogP contribution >= 0.6 is 11.6 Å². The van der Waals surface area contributed by atoms with Gasteiger partial charge in [-0.3, -0.25) is 9.82 Å². The van der Waals surface area contributed by atoms with Crippen molar-refractivity contribution in [3.63, 3.8) is 0 Å². The van der Waals surface area contributed by atoms with E-state index in [1.165, 1.54) is 114 Å². The second-order valence-electron chi connectivity index (χ2n) is 17.8. The molecule has 14 nitrogen and oxygen atoms in total. The molecular formula is C48H73ClN6O8S2. The van der Waals surface area contributed by atoms with E-state index in [-0.39, 0.29) is 41.3 Å². The van der Waals surface area contributed by atoms with Gasteiger partial charge >= 0.3 is 23.2 Å². The summed E-state index contributed by atoms with van der Waals surface area (Å²) in [5.74, 6) is -0.575. The summed E-state index contributed by atoms with van der Waals surface area (Å²) in [4.78, 5) is 26.5. The molecule has 2 heterocycles. The monoisotopic (exact) mass is 960 g/mol. The summed E-state index contributed by atoms with van der Waals surface area (Å²) in [7, 11) is 0. The number of nitrogens with zero attached hydrogens (tertiary/aromatic N) is 3. The Labute approximate surface area is 397 Å². The van der Waals surface area contributed by atoms with Gasteiger partial charge in [-0.15, -0.1) is 10.2 Å². The molecule has 4 aromatic rings. The van der Waals surface area contributed by atoms with Crippen LogP contribution in [0.4, 0.5) is 5.69 Å². The van der Waals surface area contributed by atoms with Crippen LogP contribution in [-0.4, -0.2) is 53.4 Å². The maximum Gasteiger partial charge on any atom is 0.338 e. The highest BCUT2D eigenvalue weighted by molar-refractivity contribution is 7.82. The minimum atomic E-state index is -2.20. The molecule has 362 valence electrons. The summed E-state index contributed by atoms with van der Waals surface area (Å²) in [5.41, 5.74) is 1.48. The number of benzene rings is 2. The zero-order valence-electron chi connectivity index (χ0n) is 39.5. The summed E-state index contributed by atoms with van der Waals surface area (Å²) in [5, 5.41) is 12.1. The molecule has 2 aromatic carbocycles. The Morgan fingerprint density at radius 2 is 1.18 bits per heavy atom. The lowest BCUT2D eigenvalue weighted by atomic mass is 9.92. The molecule has 0 aliphatic heterocycles. The maximum atomic E-state index is 13.3. The first kappa shape index (κ1) is 53.6. The summed E-state index contributed by atoms with van der Waals surface area (Å²) >= 11 is 2.35. The van der Waals surface area contributed by atoms with Crippen LogP contribution in [0.25, 0.3) is 5.65 Å². The number of unbranched alkanes of at least 4 members (excludes halogenated alkanes) is 18. The Morgan fingerprint density at radius 1 is 0.692 bits per heavy atom. The Balaban J connectivity index is 1.32. The standard InChI is InChI=1S/C48H73ClN6O8S2/c1-7-9-11-13-15-17-19-21-23-25-30-60-46(56)37-32-38(47(57)61-31-26-24-22-20-18-16-14-12-10-8-2)34-41(33-37)63-65(59)54-39-28-27-29-40(35-39)62-64(58)53-36(3)44-50-51-45-42(49)43(48(4,5)6)52-55(44)45/h27-29,32-36,52-54H,7-26,30-31H2,1-6H3. The van der Waals surface area contributed by atoms with Gasteiger partial charge < -0.3 is 17.8 Å². The van der Waals surface area contributed by atoms with Crippen LogP contribution in [0.2, 0.25) is 5.02 Å². The Kier molecular flexibility index (Phi) is 23.9. The summed E-state index contributed by atoms with van der Waals surface area (Å²) in [6.07, 6.45) is 23.1. The molecule has 3 N–H and O–H groups in total. The van der Waals surface area contributed by atoms with Crippen molar-refractivity contribution in [3.05, 3.63) is 70.1 Å². The number of esters is 2. The van der Waals surface area contributed by atoms with E-state index in [2.05, 4.69) is 38.6 Å². The van der Waals surface area contributed by atoms with E-state index < -0.39 is 40.5 Å². The predicted molar refractivity (Wildman–Crippen MR) is 261 cm³/mol. The largest absolute Gasteiger partial charge is 0.462 e. The number of nitrogens with one attached hydrogen (secondary N) is 3. The molecule has 0 bridgehead atoms. The first-order valence-electron chi connectivity index (χ1n) is 23.8. The van der Waals surface area contributed by atoms with E-state index >= 15 is 0 Å². The smallest absolute Gasteiger partial charge is 0.338 e. The van der Waals surface area contributed by atoms with Gasteiger partial charge in [-0.25, -0.2) is 14.1 Å². The number of rotatable bonds is 33. The zero-order valence-corrected chi connectivity index (χ0v) is 41.9. The lowest BCUT2D eigenvalue weighted by molar-refractivity contribution is 0.0495. The normalized spacial score (nSPS) is 13.1. The second kappa shape index (κ2) is 28.9. The highest BCUT2D eigenvalue weighted by atomic mass is 35.5. The first-order valence-corrected chi connectivity index (χ1v) is 26.3. The summed E-state index contributed by atoms with van der Waals surface area (Å²) in [6.45, 7) is 12.8. The average Bonchev–Trinajstić information content (AvgIpc) is 3.84. The minimum Gasteiger partial charge on any atom is -0.462 e. The van der Waals surface area contributed by atoms with Crippen molar-refractivity contribution in [2.75, 3.05) is 17.9 Å². The Hall–Kier alpha value is -3.99. The van der Waals surface area contributed by atoms with Crippen molar-refractivity contribution in [1.29, 1.82) is 0 Å². The lowest BCUT2D eigenvalue weighted by Crippen LogP contribution is -2.26. The van der Waals surface area contributed by atoms with Gasteiger partial charge in [0.05, 0.1) is 41.8 Å². The number of halogens is 1. The van der Waals surface area contributed by atoms with Gasteiger partial charge in [-0.05, 0) is 50.1 Å². The molecule has 0 spiro atoms. The van der Waals surface area contributed by atoms with Gasteiger partial charge in [0.15, 0.2) is 11.5 Å². The molecule has 0 saturated carbocycles. The molecule has 65 heavy (non-hydrogen) atoms. The van der Waals surface area contributed by atoms with E-state index in [0.29, 0.717) is 22.2 Å². The molecule has 0 aliphatic rings. The van der Waals surface area contributed by atoms with E-state index in [9.17, 15) is 18.0 Å². The van der Waals surface area contributed by atoms with Crippen molar-refractivity contribution in [2.45, 2.75) is 181 Å². The van der Waals surface area contributed by atoms with Crippen LogP contribution in [0, 0.1) is 0 Å². The van der Waals surface area contributed by atoms with Gasteiger partial charge in [-0.2, -0.15) is 13.1 Å². The van der Waals surface area contributed by atoms with Gasteiger partial charge in [-0.1, -0.05) is 168 Å². The number of hydrogen-bond acceptors (Lipinski definition) is 10. The van der Waals surface area contributed by atoms with E-state index in [4.69, 9.17) is 29.4 Å². The molecule has 4 rings (SSSR count). The molecule has 3 atom stereocenters. The molecule has 17 heteroatoms. The number of aromatic amines is 1. The fourth-order valence-electron chi connectivity index (χ4n) is 7.28. The summed E-state index contributed by atoms with van der Waals surface area (Å²) in [6, 6.07) is 9.98. The number of carbonyl (C=O) groups excluding carboxylic acids is 2. The number of H-pyrrole nitrogens is 1. The van der Waals surface area contributed by atoms with Gasteiger partial charge in [0, 0.05) is 11.5 Å². The van der Waals surface area contributed by atoms with E-state index in [1.807, 2.05) is 20.8 Å². The molecule has 2 aromatic heterocycles. The second-order valence-corrected chi connectivity index (χ2v) is 19.8. The maximum absolute atomic E-state index is 13.3. The molecule has 0 aliphatic carbocycles. The molecule has 0 radical (unpaired) electrons. The molecular weight excluding hydrogens is 888 g/mol. The fourth-order valence-corrected chi connectivity index (χ4v) is 9.08. The highest BCUT2D eigenvalue weighted by Gasteiger charge is 2.27. The van der Waals surface area contributed by atoms with Crippen molar-refractivity contribution in [1.82, 2.24) is 24.5 Å². The number of ether oxygens (including phenoxy) is 2. The third-order valence-electron chi connectivity index (χ3n) is 11.0. The molecule has 3 unspecified atom stereocenters. The minimum absolute atomic E-state index is 0.00219. The van der Waals surface area contributed by atoms with Crippen LogP contribution in [0.15, 0.2) is 42.5 Å². The zero-order chi connectivity index (χ0) is 47.0. The van der Waals surface area contributed by atoms with Crippen LogP contribution in [0.3, 0.4) is 0 Å². The van der Waals surface area contributed by atoms with Crippen molar-refractivity contribution in [3.8, 4) is 11.5 Å². The van der Waals surface area contributed by atoms with Crippen molar-refractivity contribution < 1.29 is 35.8 Å². The van der Waals surface area contributed by atoms with Crippen LogP contribution in [-0.2, 0) is 37.4 Å². The van der Waals surface area contributed by atoms with Crippen molar-refractivity contribution in [2.24, 2.45) is 0 Å². The number of hydrogen-bond donors (Lipinski definition) is 3. The molecule has 0 fully saturated rings. The van der Waals surface area contributed by atoms with Crippen LogP contribution in [0.1, 0.15) is 208 Å². The Morgan fingerprint density at radius 3 is 1.69 bits per heavy atom. The number of anilines is 1. The first-order chi connectivity index (χ1) is 31.3. The van der Waals surface area contributed by atoms with Gasteiger partial charge in [0.25, 0.3) is 11.3 Å². The van der Waals surface area contributed by atoms with E-state index in [0.717, 1.165) is 44.2 Å². The fraction of sp³-hybridized carbons (Fsp3) is 0.625. The number of carbonyl (C=O) groups is 2. The average molecular weight is 962 g/mol. The lowest BCUT2D eigenvalue weighted by Gasteiger charge is -2.16. The van der Waals surface area contributed by atoms with E-state index in [1.54, 1.807) is 29.6 Å². The summed E-state index contributed by atoms with van der Waals surface area (Å²) < 4.78 is 56.2. The topological polar surface area (TPSA) is 175 Å². The third-order valence-corrected chi connectivity index (χ3v) is 13.0. The quantitative estimate of drug-likeness (QED) is 0.0308. The molecule has 0 saturated heterocycles. The van der Waals surface area contributed by atoms with Crippen LogP contribution < -0.4 is 17.8 Å². The highest BCUT2D eigenvalue weighted by Crippen LogP contribution is 2.32. The molecule has 0 amide bonds. The third kappa shape index (κ3) is 19.0. The van der Waals surface area contributed by atoms with Crippen LogP contribution in [0.5, 0.6) is 11.5 Å².